The summed E-state index contributed by atoms with van der Waals surface area (Å²) in [5.74, 6) is -0.523. The average Bonchev–Trinajstić information content (AvgIpc) is 2.36. The molecule has 0 radical (unpaired) electrons. The summed E-state index contributed by atoms with van der Waals surface area (Å²) in [5.41, 5.74) is 1.99. The lowest BCUT2D eigenvalue weighted by Gasteiger charge is -2.33. The second-order valence-electron chi connectivity index (χ2n) is 4.52. The van der Waals surface area contributed by atoms with E-state index < -0.39 is 0 Å². The van der Waals surface area contributed by atoms with Crippen LogP contribution in [0.25, 0.3) is 0 Å². The van der Waals surface area contributed by atoms with Gasteiger partial charge in [0.15, 0.2) is 0 Å². The Hall–Kier alpha value is -1.40. The van der Waals surface area contributed by atoms with Gasteiger partial charge in [0.1, 0.15) is 6.04 Å². The molecule has 1 unspecified atom stereocenters. The maximum atomic E-state index is 11.6. The minimum absolute atomic E-state index is 0.199. The number of carbonyl (C=O) groups is 2. The Morgan fingerprint density at radius 3 is 2.84 bits per heavy atom. The molecule has 1 aromatic carbocycles. The number of carbonyl (C=O) groups excluding carboxylic acids is 2. The van der Waals surface area contributed by atoms with Crippen molar-refractivity contribution in [1.82, 2.24) is 10.6 Å². The van der Waals surface area contributed by atoms with E-state index in [-0.39, 0.29) is 24.4 Å². The van der Waals surface area contributed by atoms with Gasteiger partial charge in [-0.05, 0) is 31.7 Å². The first-order valence-electron chi connectivity index (χ1n) is 6.06. The number of piperazine rings is 1. The van der Waals surface area contributed by atoms with Gasteiger partial charge in [-0.1, -0.05) is 22.0 Å². The van der Waals surface area contributed by atoms with Crippen molar-refractivity contribution >= 4 is 33.4 Å². The predicted molar refractivity (Wildman–Crippen MR) is 76.9 cm³/mol. The smallest absolute Gasteiger partial charge is 0.249 e. The first-order valence-corrected chi connectivity index (χ1v) is 6.85. The fourth-order valence-corrected chi connectivity index (χ4v) is 2.59. The molecule has 2 rings (SSSR count). The average molecular weight is 326 g/mol. The van der Waals surface area contributed by atoms with Gasteiger partial charge in [-0.15, -0.1) is 0 Å². The minimum Gasteiger partial charge on any atom is -0.350 e. The first kappa shape index (κ1) is 14.0. The number of anilines is 1. The van der Waals surface area contributed by atoms with Crippen LogP contribution in [-0.4, -0.2) is 31.4 Å². The van der Waals surface area contributed by atoms with Crippen molar-refractivity contribution in [2.75, 3.05) is 18.5 Å². The summed E-state index contributed by atoms with van der Waals surface area (Å²) in [7, 11) is 1.88. The van der Waals surface area contributed by atoms with Crippen LogP contribution < -0.4 is 15.5 Å². The van der Waals surface area contributed by atoms with Crippen molar-refractivity contribution in [3.63, 3.8) is 0 Å². The van der Waals surface area contributed by atoms with Crippen LogP contribution in [-0.2, 0) is 16.1 Å². The van der Waals surface area contributed by atoms with Crippen molar-refractivity contribution in [1.29, 1.82) is 0 Å². The molecule has 5 nitrogen and oxygen atoms in total. The Kier molecular flexibility index (Phi) is 4.21. The third-order valence-corrected chi connectivity index (χ3v) is 3.90. The van der Waals surface area contributed by atoms with Gasteiger partial charge in [0.2, 0.25) is 11.8 Å². The van der Waals surface area contributed by atoms with E-state index in [1.165, 1.54) is 0 Å². The van der Waals surface area contributed by atoms with Crippen molar-refractivity contribution in [3.05, 3.63) is 28.2 Å². The molecule has 6 heteroatoms. The highest BCUT2D eigenvalue weighted by Gasteiger charge is 2.30. The van der Waals surface area contributed by atoms with E-state index in [9.17, 15) is 9.59 Å². The van der Waals surface area contributed by atoms with Gasteiger partial charge in [0.25, 0.3) is 0 Å². The van der Waals surface area contributed by atoms with Gasteiger partial charge in [0.05, 0.1) is 6.54 Å². The highest BCUT2D eigenvalue weighted by Crippen LogP contribution is 2.26. The van der Waals surface area contributed by atoms with Crippen LogP contribution in [0.4, 0.5) is 5.69 Å². The molecular formula is C13H16BrN3O2. The standard InChI is InChI=1S/C13H16BrN3O2/c1-8-13(19)16-12(18)7-17(8)10-4-3-9(6-15-2)11(14)5-10/h3-5,8,15H,6-7H2,1-2H3,(H,16,18,19). The zero-order valence-corrected chi connectivity index (χ0v) is 12.5. The fraction of sp³-hybridized carbons (Fsp3) is 0.385. The number of nitrogens with one attached hydrogen (secondary N) is 2. The second-order valence-corrected chi connectivity index (χ2v) is 5.38. The van der Waals surface area contributed by atoms with Gasteiger partial charge < -0.3 is 10.2 Å². The molecule has 0 saturated carbocycles. The van der Waals surface area contributed by atoms with Crippen LogP contribution >= 0.6 is 15.9 Å². The summed E-state index contributed by atoms with van der Waals surface area (Å²) in [6.07, 6.45) is 0. The number of nitrogens with zero attached hydrogens (tertiary/aromatic N) is 1. The van der Waals surface area contributed by atoms with E-state index in [4.69, 9.17) is 0 Å². The molecule has 1 fully saturated rings. The topological polar surface area (TPSA) is 61.4 Å². The third-order valence-electron chi connectivity index (χ3n) is 3.16. The number of imide groups is 1. The molecule has 102 valence electrons. The summed E-state index contributed by atoms with van der Waals surface area (Å²) in [4.78, 5) is 24.9. The Morgan fingerprint density at radius 2 is 2.21 bits per heavy atom. The van der Waals surface area contributed by atoms with Crippen LogP contribution in [0.15, 0.2) is 22.7 Å². The molecular weight excluding hydrogens is 310 g/mol. The molecule has 1 heterocycles. The zero-order valence-electron chi connectivity index (χ0n) is 10.9. The van der Waals surface area contributed by atoms with Crippen molar-refractivity contribution in [3.8, 4) is 0 Å². The number of rotatable bonds is 3. The highest BCUT2D eigenvalue weighted by molar-refractivity contribution is 9.10. The van der Waals surface area contributed by atoms with Crippen molar-refractivity contribution < 1.29 is 9.59 Å². The van der Waals surface area contributed by atoms with Crippen LogP contribution in [0.1, 0.15) is 12.5 Å². The lowest BCUT2D eigenvalue weighted by Crippen LogP contribution is -2.57. The first-order chi connectivity index (χ1) is 9.02. The normalized spacial score (nSPS) is 19.5. The molecule has 0 aromatic heterocycles. The van der Waals surface area contributed by atoms with Gasteiger partial charge in [-0.3, -0.25) is 14.9 Å². The van der Waals surface area contributed by atoms with Crippen molar-refractivity contribution in [2.24, 2.45) is 0 Å². The molecule has 1 aliphatic rings. The third kappa shape index (κ3) is 2.96. The van der Waals surface area contributed by atoms with E-state index in [0.29, 0.717) is 0 Å². The summed E-state index contributed by atoms with van der Waals surface area (Å²) >= 11 is 3.51. The summed E-state index contributed by atoms with van der Waals surface area (Å²) in [6, 6.07) is 5.51. The lowest BCUT2D eigenvalue weighted by atomic mass is 10.1. The summed E-state index contributed by atoms with van der Waals surface area (Å²) < 4.78 is 0.963. The van der Waals surface area contributed by atoms with Crippen LogP contribution in [0, 0.1) is 0 Å². The predicted octanol–water partition coefficient (Wildman–Crippen LogP) is 1.02. The van der Waals surface area contributed by atoms with E-state index in [0.717, 1.165) is 22.3 Å². The molecule has 0 aliphatic carbocycles. The second kappa shape index (κ2) is 5.71. The number of hydrogen-bond acceptors (Lipinski definition) is 4. The minimum atomic E-state index is -0.347. The quantitative estimate of drug-likeness (QED) is 0.814. The van der Waals surface area contributed by atoms with E-state index >= 15 is 0 Å². The number of halogens is 1. The van der Waals surface area contributed by atoms with Crippen molar-refractivity contribution in [2.45, 2.75) is 19.5 Å². The van der Waals surface area contributed by atoms with E-state index in [1.807, 2.05) is 25.2 Å². The van der Waals surface area contributed by atoms with Crippen LogP contribution in [0.5, 0.6) is 0 Å². The maximum absolute atomic E-state index is 11.6. The highest BCUT2D eigenvalue weighted by atomic mass is 79.9. The summed E-state index contributed by atoms with van der Waals surface area (Å²) in [6.45, 7) is 2.75. The molecule has 2 amide bonds. The Labute approximate surface area is 120 Å². The van der Waals surface area contributed by atoms with Gasteiger partial charge in [0, 0.05) is 16.7 Å². The number of hydrogen-bond donors (Lipinski definition) is 2. The molecule has 1 atom stereocenters. The van der Waals surface area contributed by atoms with Crippen LogP contribution in [0.2, 0.25) is 0 Å². The Morgan fingerprint density at radius 1 is 1.47 bits per heavy atom. The molecule has 1 aliphatic heterocycles. The Balaban J connectivity index is 2.28. The van der Waals surface area contributed by atoms with Gasteiger partial charge >= 0.3 is 0 Å². The maximum Gasteiger partial charge on any atom is 0.249 e. The summed E-state index contributed by atoms with van der Waals surface area (Å²) in [5, 5.41) is 5.42. The zero-order chi connectivity index (χ0) is 14.0. The SMILES string of the molecule is CNCc1ccc(N2CC(=O)NC(=O)C2C)cc1Br. The number of amides is 2. The molecule has 0 bridgehead atoms. The Bertz CT molecular complexity index is 519. The molecule has 1 aromatic rings. The largest absolute Gasteiger partial charge is 0.350 e. The monoisotopic (exact) mass is 325 g/mol. The molecule has 0 spiro atoms. The molecule has 2 N–H and O–H groups in total. The van der Waals surface area contributed by atoms with E-state index in [1.54, 1.807) is 11.8 Å². The lowest BCUT2D eigenvalue weighted by molar-refractivity contribution is -0.132. The van der Waals surface area contributed by atoms with E-state index in [2.05, 4.69) is 26.6 Å². The molecule has 19 heavy (non-hydrogen) atoms. The number of benzene rings is 1. The molecule has 1 saturated heterocycles. The van der Waals surface area contributed by atoms with Crippen LogP contribution in [0.3, 0.4) is 0 Å². The van der Waals surface area contributed by atoms with Gasteiger partial charge in [-0.25, -0.2) is 0 Å². The van der Waals surface area contributed by atoms with Gasteiger partial charge in [-0.2, -0.15) is 0 Å². The fourth-order valence-electron chi connectivity index (χ4n) is 2.08.